The highest BCUT2D eigenvalue weighted by atomic mass is 35.5. The van der Waals surface area contributed by atoms with Gasteiger partial charge in [0.05, 0.1) is 18.6 Å². The average Bonchev–Trinajstić information content (AvgIpc) is 2.76. The van der Waals surface area contributed by atoms with Crippen LogP contribution in [0.3, 0.4) is 0 Å². The Morgan fingerprint density at radius 2 is 1.67 bits per heavy atom. The number of hydrogen-bond acceptors (Lipinski definition) is 5. The van der Waals surface area contributed by atoms with E-state index in [9.17, 15) is 18.0 Å². The van der Waals surface area contributed by atoms with Crippen molar-refractivity contribution >= 4 is 39.1 Å². The van der Waals surface area contributed by atoms with Crippen molar-refractivity contribution in [2.75, 3.05) is 30.3 Å². The number of nitrogens with one attached hydrogen (secondary N) is 1. The van der Waals surface area contributed by atoms with Gasteiger partial charge in [0.1, 0.15) is 18.3 Å². The Kier molecular flexibility index (Phi) is 9.55. The lowest BCUT2D eigenvalue weighted by Crippen LogP contribution is -2.51. The zero-order chi connectivity index (χ0) is 24.6. The van der Waals surface area contributed by atoms with Crippen molar-refractivity contribution in [2.24, 2.45) is 0 Å². The molecule has 0 aromatic heterocycles. The largest absolute Gasteiger partial charge is 0.494 e. The number of ether oxygens (including phenoxy) is 1. The SMILES string of the molecule is CCNC(=O)[C@H](C)N(Cc1ccc(Cl)cc1)C(=O)CN(c1ccc(OCC)cc1)S(C)(=O)=O. The molecule has 180 valence electrons. The zero-order valence-corrected chi connectivity index (χ0v) is 20.8. The molecule has 0 aliphatic rings. The summed E-state index contributed by atoms with van der Waals surface area (Å²) in [5.41, 5.74) is 1.09. The van der Waals surface area contributed by atoms with Crippen LogP contribution in [0.2, 0.25) is 5.02 Å². The van der Waals surface area contributed by atoms with Gasteiger partial charge >= 0.3 is 0 Å². The smallest absolute Gasteiger partial charge is 0.244 e. The van der Waals surface area contributed by atoms with Gasteiger partial charge in [-0.15, -0.1) is 0 Å². The number of nitrogens with zero attached hydrogens (tertiary/aromatic N) is 2. The molecule has 2 aromatic carbocycles. The molecule has 2 amide bonds. The van der Waals surface area contributed by atoms with Crippen molar-refractivity contribution in [3.05, 3.63) is 59.1 Å². The highest BCUT2D eigenvalue weighted by Crippen LogP contribution is 2.22. The second-order valence-corrected chi connectivity index (χ2v) is 9.76. The highest BCUT2D eigenvalue weighted by Gasteiger charge is 2.29. The summed E-state index contributed by atoms with van der Waals surface area (Å²) in [5.74, 6) is -0.245. The van der Waals surface area contributed by atoms with Gasteiger partial charge in [0.15, 0.2) is 0 Å². The van der Waals surface area contributed by atoms with Crippen molar-refractivity contribution < 1.29 is 22.7 Å². The zero-order valence-electron chi connectivity index (χ0n) is 19.2. The number of carbonyl (C=O) groups excluding carboxylic acids is 2. The van der Waals surface area contributed by atoms with Crippen LogP contribution >= 0.6 is 11.6 Å². The summed E-state index contributed by atoms with van der Waals surface area (Å²) in [5, 5.41) is 3.26. The number of benzene rings is 2. The van der Waals surface area contributed by atoms with E-state index in [0.29, 0.717) is 29.6 Å². The van der Waals surface area contributed by atoms with E-state index < -0.39 is 28.5 Å². The standard InChI is InChI=1S/C23H30ClN3O5S/c1-5-25-23(29)17(3)26(15-18-7-9-19(24)10-8-18)22(28)16-27(33(4,30)31)20-11-13-21(14-12-20)32-6-2/h7-14,17H,5-6,15-16H2,1-4H3,(H,25,29)/t17-/m0/s1. The lowest BCUT2D eigenvalue weighted by atomic mass is 10.1. The van der Waals surface area contributed by atoms with E-state index in [1.807, 2.05) is 6.92 Å². The third-order valence-corrected chi connectivity index (χ3v) is 6.29. The second kappa shape index (κ2) is 11.9. The molecule has 0 heterocycles. The van der Waals surface area contributed by atoms with Crippen molar-refractivity contribution in [1.82, 2.24) is 10.2 Å². The Balaban J connectivity index is 2.34. The Bertz CT molecular complexity index is 1040. The number of halogens is 1. The first kappa shape index (κ1) is 26.5. The highest BCUT2D eigenvalue weighted by molar-refractivity contribution is 7.92. The number of rotatable bonds is 11. The number of hydrogen-bond donors (Lipinski definition) is 1. The molecule has 0 saturated carbocycles. The molecule has 2 rings (SSSR count). The molecule has 8 nitrogen and oxygen atoms in total. The van der Waals surface area contributed by atoms with E-state index in [0.717, 1.165) is 16.1 Å². The van der Waals surface area contributed by atoms with E-state index in [1.54, 1.807) is 62.4 Å². The van der Waals surface area contributed by atoms with Crippen LogP contribution in [0.1, 0.15) is 26.3 Å². The number of carbonyl (C=O) groups is 2. The maximum atomic E-state index is 13.4. The van der Waals surface area contributed by atoms with Crippen LogP contribution in [0.4, 0.5) is 5.69 Å². The fourth-order valence-electron chi connectivity index (χ4n) is 3.18. The molecular weight excluding hydrogens is 466 g/mol. The van der Waals surface area contributed by atoms with Crippen molar-refractivity contribution in [2.45, 2.75) is 33.4 Å². The van der Waals surface area contributed by atoms with Crippen LogP contribution in [0.5, 0.6) is 5.75 Å². The van der Waals surface area contributed by atoms with Crippen molar-refractivity contribution in [3.8, 4) is 5.75 Å². The lowest BCUT2D eigenvalue weighted by molar-refractivity contribution is -0.139. The summed E-state index contributed by atoms with van der Waals surface area (Å²) in [6, 6.07) is 12.5. The van der Waals surface area contributed by atoms with Crippen molar-refractivity contribution in [3.63, 3.8) is 0 Å². The predicted molar refractivity (Wildman–Crippen MR) is 130 cm³/mol. The minimum Gasteiger partial charge on any atom is -0.494 e. The fraction of sp³-hybridized carbons (Fsp3) is 0.391. The quantitative estimate of drug-likeness (QED) is 0.517. The van der Waals surface area contributed by atoms with Gasteiger partial charge in [-0.2, -0.15) is 0 Å². The lowest BCUT2D eigenvalue weighted by Gasteiger charge is -2.31. The molecule has 0 spiro atoms. The van der Waals surface area contributed by atoms with Crippen LogP contribution in [-0.4, -0.2) is 57.1 Å². The number of anilines is 1. The average molecular weight is 496 g/mol. The number of amides is 2. The molecule has 1 atom stereocenters. The Labute approximate surface area is 200 Å². The van der Waals surface area contributed by atoms with Crippen molar-refractivity contribution in [1.29, 1.82) is 0 Å². The van der Waals surface area contributed by atoms with E-state index >= 15 is 0 Å². The summed E-state index contributed by atoms with van der Waals surface area (Å²) < 4.78 is 31.5. The molecule has 10 heteroatoms. The minimum absolute atomic E-state index is 0.120. The van der Waals surface area contributed by atoms with Gasteiger partial charge in [0.25, 0.3) is 0 Å². The first-order chi connectivity index (χ1) is 15.6. The summed E-state index contributed by atoms with van der Waals surface area (Å²) in [6.07, 6.45) is 1.04. The van der Waals surface area contributed by atoms with E-state index in [-0.39, 0.29) is 12.5 Å². The summed E-state index contributed by atoms with van der Waals surface area (Å²) in [7, 11) is -3.78. The van der Waals surface area contributed by atoms with E-state index in [1.165, 1.54) is 4.90 Å². The Morgan fingerprint density at radius 1 is 1.06 bits per heavy atom. The maximum absolute atomic E-state index is 13.4. The second-order valence-electron chi connectivity index (χ2n) is 7.42. The van der Waals surface area contributed by atoms with Crippen LogP contribution in [0.15, 0.2) is 48.5 Å². The van der Waals surface area contributed by atoms with Crippen LogP contribution < -0.4 is 14.4 Å². The monoisotopic (exact) mass is 495 g/mol. The summed E-state index contributed by atoms with van der Waals surface area (Å²) in [6.45, 7) is 5.80. The third-order valence-electron chi connectivity index (χ3n) is 4.90. The fourth-order valence-corrected chi connectivity index (χ4v) is 4.16. The van der Waals surface area contributed by atoms with Gasteiger partial charge < -0.3 is 15.0 Å². The molecule has 0 aliphatic heterocycles. The first-order valence-corrected chi connectivity index (χ1v) is 12.8. The van der Waals surface area contributed by atoms with Crippen LogP contribution in [0, 0.1) is 0 Å². The molecule has 1 N–H and O–H groups in total. The van der Waals surface area contributed by atoms with Crippen LogP contribution in [0.25, 0.3) is 0 Å². The minimum atomic E-state index is -3.78. The molecule has 33 heavy (non-hydrogen) atoms. The first-order valence-electron chi connectivity index (χ1n) is 10.6. The maximum Gasteiger partial charge on any atom is 0.244 e. The normalized spacial score (nSPS) is 12.0. The van der Waals surface area contributed by atoms with Gasteiger partial charge in [0.2, 0.25) is 21.8 Å². The Morgan fingerprint density at radius 3 is 2.18 bits per heavy atom. The van der Waals surface area contributed by atoms with Gasteiger partial charge in [0, 0.05) is 18.1 Å². The summed E-state index contributed by atoms with van der Waals surface area (Å²) >= 11 is 5.96. The number of sulfonamides is 1. The molecule has 2 aromatic rings. The van der Waals surface area contributed by atoms with Gasteiger partial charge in [-0.3, -0.25) is 13.9 Å². The topological polar surface area (TPSA) is 96.0 Å². The van der Waals surface area contributed by atoms with Gasteiger partial charge in [-0.25, -0.2) is 8.42 Å². The predicted octanol–water partition coefficient (Wildman–Crippen LogP) is 3.06. The van der Waals surface area contributed by atoms with Crippen LogP contribution in [-0.2, 0) is 26.2 Å². The molecule has 0 unspecified atom stereocenters. The van der Waals surface area contributed by atoms with E-state index in [4.69, 9.17) is 16.3 Å². The molecule has 0 aliphatic carbocycles. The number of likely N-dealkylation sites (N-methyl/N-ethyl adjacent to an activating group) is 1. The van der Waals surface area contributed by atoms with Gasteiger partial charge in [-0.1, -0.05) is 23.7 Å². The molecule has 0 radical (unpaired) electrons. The molecule has 0 fully saturated rings. The molecule has 0 saturated heterocycles. The van der Waals surface area contributed by atoms with E-state index in [2.05, 4.69) is 5.32 Å². The molecular formula is C23H30ClN3O5S. The summed E-state index contributed by atoms with van der Waals surface area (Å²) in [4.78, 5) is 27.2. The third kappa shape index (κ3) is 7.64. The molecule has 0 bridgehead atoms. The Hall–Kier alpha value is -2.78. The van der Waals surface area contributed by atoms with Gasteiger partial charge in [-0.05, 0) is 62.7 Å².